The van der Waals surface area contributed by atoms with Gasteiger partial charge in [-0.1, -0.05) is 33.6 Å². The Morgan fingerprint density at radius 2 is 1.82 bits per heavy atom. The summed E-state index contributed by atoms with van der Waals surface area (Å²) in [5.41, 5.74) is 0. The van der Waals surface area contributed by atoms with Crippen LogP contribution < -0.4 is 0 Å². The van der Waals surface area contributed by atoms with E-state index in [1.54, 1.807) is 0 Å². The van der Waals surface area contributed by atoms with Gasteiger partial charge in [-0.25, -0.2) is 0 Å². The largest absolute Gasteiger partial charge is 0.120 e. The summed E-state index contributed by atoms with van der Waals surface area (Å²) in [6, 6.07) is 0. The predicted octanol–water partition coefficient (Wildman–Crippen LogP) is 3.47. The van der Waals surface area contributed by atoms with E-state index < -0.39 is 0 Å². The topological polar surface area (TPSA) is 0 Å². The Labute approximate surface area is 71.4 Å². The van der Waals surface area contributed by atoms with Crippen molar-refractivity contribution in [2.45, 2.75) is 46.5 Å². The van der Waals surface area contributed by atoms with Crippen molar-refractivity contribution in [1.82, 2.24) is 0 Å². The van der Waals surface area contributed by atoms with E-state index >= 15 is 0 Å². The van der Waals surface area contributed by atoms with Crippen molar-refractivity contribution >= 4 is 0 Å². The maximum Gasteiger partial charge on any atom is 0.0225 e. The van der Waals surface area contributed by atoms with Crippen LogP contribution in [-0.2, 0) is 0 Å². The first-order valence-electron chi connectivity index (χ1n) is 4.76. The lowest BCUT2D eigenvalue weighted by Crippen LogP contribution is -2.10. The van der Waals surface area contributed by atoms with E-state index in [9.17, 15) is 0 Å². The Balaban J connectivity index is 3.89. The number of hydrogen-bond acceptors (Lipinski definition) is 0. The van der Waals surface area contributed by atoms with Crippen LogP contribution in [0.4, 0.5) is 0 Å². The number of terminal acetylenes is 1. The normalized spacial score (nSPS) is 15.5. The van der Waals surface area contributed by atoms with Crippen LogP contribution in [0.25, 0.3) is 0 Å². The molecule has 0 aliphatic carbocycles. The molecular weight excluding hydrogens is 132 g/mol. The zero-order valence-electron chi connectivity index (χ0n) is 8.06. The average molecular weight is 152 g/mol. The standard InChI is InChI=1S/C11H20/c1-5-9-11(8-4)10(6-2)7-3/h2,10-11H,5,7-9H2,1,3-4H3. The molecule has 0 N–H and O–H groups in total. The first-order valence-corrected chi connectivity index (χ1v) is 4.76. The second kappa shape index (κ2) is 6.28. The third-order valence-corrected chi connectivity index (χ3v) is 2.41. The fourth-order valence-corrected chi connectivity index (χ4v) is 1.65. The highest BCUT2D eigenvalue weighted by Crippen LogP contribution is 2.23. The molecule has 0 aromatic heterocycles. The highest BCUT2D eigenvalue weighted by Gasteiger charge is 2.14. The molecule has 0 aromatic rings. The minimum atomic E-state index is 0.514. The van der Waals surface area contributed by atoms with Gasteiger partial charge < -0.3 is 0 Å². The first-order chi connectivity index (χ1) is 5.29. The van der Waals surface area contributed by atoms with Gasteiger partial charge in [-0.15, -0.1) is 12.3 Å². The second-order valence-electron chi connectivity index (χ2n) is 3.14. The molecule has 0 aliphatic heterocycles. The molecule has 2 atom stereocenters. The van der Waals surface area contributed by atoms with E-state index in [-0.39, 0.29) is 0 Å². The van der Waals surface area contributed by atoms with Gasteiger partial charge in [0.25, 0.3) is 0 Å². The maximum atomic E-state index is 5.44. The summed E-state index contributed by atoms with van der Waals surface area (Å²) < 4.78 is 0. The SMILES string of the molecule is C#CC(CC)C(CC)CCC. The molecule has 0 amide bonds. The molecule has 0 rings (SSSR count). The van der Waals surface area contributed by atoms with Crippen molar-refractivity contribution in [1.29, 1.82) is 0 Å². The van der Waals surface area contributed by atoms with Gasteiger partial charge in [-0.05, 0) is 18.8 Å². The Morgan fingerprint density at radius 3 is 2.09 bits per heavy atom. The molecule has 0 radical (unpaired) electrons. The summed E-state index contributed by atoms with van der Waals surface area (Å²) in [7, 11) is 0. The van der Waals surface area contributed by atoms with Gasteiger partial charge in [0.15, 0.2) is 0 Å². The van der Waals surface area contributed by atoms with Gasteiger partial charge >= 0.3 is 0 Å². The molecule has 2 unspecified atom stereocenters. The zero-order valence-corrected chi connectivity index (χ0v) is 8.06. The molecule has 0 heteroatoms. The van der Waals surface area contributed by atoms with Gasteiger partial charge in [0.1, 0.15) is 0 Å². The molecule has 0 nitrogen and oxygen atoms in total. The monoisotopic (exact) mass is 152 g/mol. The van der Waals surface area contributed by atoms with Gasteiger partial charge in [-0.2, -0.15) is 0 Å². The third kappa shape index (κ3) is 3.46. The van der Waals surface area contributed by atoms with Crippen LogP contribution in [0.3, 0.4) is 0 Å². The van der Waals surface area contributed by atoms with Gasteiger partial charge in [0.05, 0.1) is 0 Å². The summed E-state index contributed by atoms with van der Waals surface area (Å²) in [5.74, 6) is 4.16. The highest BCUT2D eigenvalue weighted by molar-refractivity contribution is 4.95. The molecule has 0 spiro atoms. The summed E-state index contributed by atoms with van der Waals surface area (Å²) in [5, 5.41) is 0. The molecular formula is C11H20. The minimum absolute atomic E-state index is 0.514. The third-order valence-electron chi connectivity index (χ3n) is 2.41. The van der Waals surface area contributed by atoms with E-state index in [4.69, 9.17) is 6.42 Å². The van der Waals surface area contributed by atoms with Gasteiger partial charge in [0, 0.05) is 5.92 Å². The lowest BCUT2D eigenvalue weighted by Gasteiger charge is -2.19. The molecule has 0 aromatic carbocycles. The number of hydrogen-bond donors (Lipinski definition) is 0. The fourth-order valence-electron chi connectivity index (χ4n) is 1.65. The van der Waals surface area contributed by atoms with E-state index in [0.717, 1.165) is 12.3 Å². The zero-order chi connectivity index (χ0) is 8.69. The average Bonchev–Trinajstić information content (AvgIpc) is 2.05. The van der Waals surface area contributed by atoms with Gasteiger partial charge in [-0.3, -0.25) is 0 Å². The van der Waals surface area contributed by atoms with Crippen molar-refractivity contribution in [3.63, 3.8) is 0 Å². The van der Waals surface area contributed by atoms with Crippen molar-refractivity contribution in [3.05, 3.63) is 0 Å². The van der Waals surface area contributed by atoms with E-state index in [1.807, 2.05) is 0 Å². The summed E-state index contributed by atoms with van der Waals surface area (Å²) in [4.78, 5) is 0. The first kappa shape index (κ1) is 10.6. The Bertz CT molecular complexity index is 118. The lowest BCUT2D eigenvalue weighted by atomic mass is 9.85. The summed E-state index contributed by atoms with van der Waals surface area (Å²) in [6.07, 6.45) is 10.4. The molecule has 0 saturated heterocycles. The minimum Gasteiger partial charge on any atom is -0.120 e. The molecule has 0 fully saturated rings. The van der Waals surface area contributed by atoms with E-state index in [1.165, 1.54) is 19.3 Å². The van der Waals surface area contributed by atoms with E-state index in [2.05, 4.69) is 26.7 Å². The Hall–Kier alpha value is -0.440. The highest BCUT2D eigenvalue weighted by atomic mass is 14.2. The Kier molecular flexibility index (Phi) is 6.03. The smallest absolute Gasteiger partial charge is 0.0225 e. The maximum absolute atomic E-state index is 5.44. The fraction of sp³-hybridized carbons (Fsp3) is 0.818. The van der Waals surface area contributed by atoms with Crippen molar-refractivity contribution in [2.75, 3.05) is 0 Å². The predicted molar refractivity (Wildman–Crippen MR) is 51.3 cm³/mol. The molecule has 11 heavy (non-hydrogen) atoms. The van der Waals surface area contributed by atoms with Crippen LogP contribution in [0.15, 0.2) is 0 Å². The summed E-state index contributed by atoms with van der Waals surface area (Å²) in [6.45, 7) is 6.65. The Morgan fingerprint density at radius 1 is 1.18 bits per heavy atom. The van der Waals surface area contributed by atoms with Gasteiger partial charge in [0.2, 0.25) is 0 Å². The molecule has 0 aliphatic rings. The van der Waals surface area contributed by atoms with Crippen LogP contribution in [0.5, 0.6) is 0 Å². The quantitative estimate of drug-likeness (QED) is 0.529. The molecule has 64 valence electrons. The van der Waals surface area contributed by atoms with Crippen molar-refractivity contribution in [2.24, 2.45) is 11.8 Å². The van der Waals surface area contributed by atoms with Crippen LogP contribution in [0.1, 0.15) is 46.5 Å². The molecule has 0 saturated carbocycles. The second-order valence-corrected chi connectivity index (χ2v) is 3.14. The van der Waals surface area contributed by atoms with Crippen molar-refractivity contribution < 1.29 is 0 Å². The van der Waals surface area contributed by atoms with Crippen LogP contribution in [0, 0.1) is 24.2 Å². The van der Waals surface area contributed by atoms with Crippen LogP contribution in [0.2, 0.25) is 0 Å². The summed E-state index contributed by atoms with van der Waals surface area (Å²) >= 11 is 0. The van der Waals surface area contributed by atoms with Crippen LogP contribution >= 0.6 is 0 Å². The number of rotatable bonds is 5. The molecule has 0 heterocycles. The lowest BCUT2D eigenvalue weighted by molar-refractivity contribution is 0.357. The molecule has 0 bridgehead atoms. The van der Waals surface area contributed by atoms with E-state index in [0.29, 0.717) is 5.92 Å². The van der Waals surface area contributed by atoms with Crippen molar-refractivity contribution in [3.8, 4) is 12.3 Å². The van der Waals surface area contributed by atoms with Crippen LogP contribution in [-0.4, -0.2) is 0 Å².